The average molecular weight is 368 g/mol. The lowest BCUT2D eigenvalue weighted by atomic mass is 9.85. The van der Waals surface area contributed by atoms with E-state index in [9.17, 15) is 4.79 Å². The second-order valence-corrected chi connectivity index (χ2v) is 7.35. The van der Waals surface area contributed by atoms with Crippen molar-refractivity contribution in [3.05, 3.63) is 35.8 Å². The quantitative estimate of drug-likeness (QED) is 0.744. The van der Waals surface area contributed by atoms with E-state index in [0.29, 0.717) is 29.2 Å². The fourth-order valence-electron chi connectivity index (χ4n) is 4.08. The molecule has 0 unspecified atom stereocenters. The van der Waals surface area contributed by atoms with Crippen molar-refractivity contribution in [1.29, 1.82) is 0 Å². The Morgan fingerprint density at radius 3 is 2.96 bits per heavy atom. The summed E-state index contributed by atoms with van der Waals surface area (Å²) in [5.41, 5.74) is 2.84. The van der Waals surface area contributed by atoms with Gasteiger partial charge in [-0.05, 0) is 38.4 Å². The van der Waals surface area contributed by atoms with Crippen molar-refractivity contribution < 1.29 is 4.79 Å². The number of pyridine rings is 1. The molecule has 1 saturated heterocycles. The van der Waals surface area contributed by atoms with Crippen LogP contribution in [-0.4, -0.2) is 73.1 Å². The number of H-pyrrole nitrogens is 1. The van der Waals surface area contributed by atoms with E-state index in [2.05, 4.69) is 43.6 Å². The first-order valence-electron chi connectivity index (χ1n) is 9.13. The monoisotopic (exact) mass is 368 g/mol. The molecule has 0 saturated carbocycles. The molecular formula is C18H24N8O. The topological polar surface area (TPSA) is 95.8 Å². The zero-order chi connectivity index (χ0) is 19.0. The summed E-state index contributed by atoms with van der Waals surface area (Å²) in [6.45, 7) is 1.74. The number of fused-ring (bicyclic) bond motifs is 1. The summed E-state index contributed by atoms with van der Waals surface area (Å²) < 4.78 is 1.84. The van der Waals surface area contributed by atoms with Crippen LogP contribution in [-0.2, 0) is 7.05 Å². The van der Waals surface area contributed by atoms with Crippen molar-refractivity contribution in [2.45, 2.75) is 18.9 Å². The van der Waals surface area contributed by atoms with E-state index in [1.54, 1.807) is 17.2 Å². The number of nitrogens with zero attached hydrogens (tertiary/aromatic N) is 7. The molecule has 2 atom stereocenters. The largest absolute Gasteiger partial charge is 0.341 e. The summed E-state index contributed by atoms with van der Waals surface area (Å²) in [4.78, 5) is 21.3. The predicted molar refractivity (Wildman–Crippen MR) is 99.9 cm³/mol. The Balaban J connectivity index is 1.52. The Labute approximate surface area is 157 Å². The molecule has 1 aliphatic heterocycles. The highest BCUT2D eigenvalue weighted by molar-refractivity contribution is 5.96. The molecule has 0 bridgehead atoms. The Morgan fingerprint density at radius 1 is 1.33 bits per heavy atom. The van der Waals surface area contributed by atoms with Gasteiger partial charge >= 0.3 is 0 Å². The summed E-state index contributed by atoms with van der Waals surface area (Å²) in [6.07, 6.45) is 7.79. The highest BCUT2D eigenvalue weighted by atomic mass is 16.2. The van der Waals surface area contributed by atoms with Gasteiger partial charge in [-0.3, -0.25) is 14.4 Å². The Kier molecular flexibility index (Phi) is 4.61. The normalized spacial score (nSPS) is 20.9. The molecule has 9 nitrogen and oxygen atoms in total. The van der Waals surface area contributed by atoms with Gasteiger partial charge in [-0.1, -0.05) is 0 Å². The minimum absolute atomic E-state index is 0.0504. The van der Waals surface area contributed by atoms with Gasteiger partial charge < -0.3 is 4.90 Å². The fourth-order valence-corrected chi connectivity index (χ4v) is 4.08. The lowest BCUT2D eigenvalue weighted by molar-refractivity contribution is 0.0645. The molecule has 4 rings (SSSR count). The number of piperidine rings is 1. The zero-order valence-electron chi connectivity index (χ0n) is 15.8. The van der Waals surface area contributed by atoms with Crippen LogP contribution in [0.4, 0.5) is 0 Å². The van der Waals surface area contributed by atoms with Gasteiger partial charge in [0.2, 0.25) is 5.65 Å². The van der Waals surface area contributed by atoms with E-state index in [1.165, 1.54) is 5.56 Å². The molecule has 3 aromatic heterocycles. The number of carbonyl (C=O) groups excluding carboxylic acids is 1. The second-order valence-electron chi connectivity index (χ2n) is 7.35. The van der Waals surface area contributed by atoms with Gasteiger partial charge in [-0.15, -0.1) is 5.10 Å². The highest BCUT2D eigenvalue weighted by Crippen LogP contribution is 2.35. The number of aromatic amines is 1. The summed E-state index contributed by atoms with van der Waals surface area (Å²) >= 11 is 0. The number of amides is 1. The summed E-state index contributed by atoms with van der Waals surface area (Å²) in [5, 5.41) is 14.8. The number of aryl methyl sites for hydroxylation is 1. The molecule has 1 aliphatic rings. The van der Waals surface area contributed by atoms with Crippen molar-refractivity contribution >= 4 is 17.1 Å². The van der Waals surface area contributed by atoms with Crippen LogP contribution < -0.4 is 0 Å². The van der Waals surface area contributed by atoms with E-state index in [0.717, 1.165) is 19.4 Å². The number of rotatable bonds is 4. The number of hydrogen-bond donors (Lipinski definition) is 1. The first kappa shape index (κ1) is 17.6. The standard InChI is InChI=1S/C18H24N8O/c1-24-6-4-5-12(16(24)14-9-20-26(3)11-14)10-25(2)18(27)13-7-15-17(19-8-13)22-23-21-15/h7-9,11-12,16H,4-6,10H2,1-3H3,(H,19,21,22,23)/t12-,16+/m0/s1. The first-order valence-corrected chi connectivity index (χ1v) is 9.13. The van der Waals surface area contributed by atoms with Crippen LogP contribution in [0.3, 0.4) is 0 Å². The molecule has 142 valence electrons. The molecule has 9 heteroatoms. The lowest BCUT2D eigenvalue weighted by Crippen LogP contribution is -2.42. The third kappa shape index (κ3) is 3.42. The van der Waals surface area contributed by atoms with Gasteiger partial charge in [0, 0.05) is 44.6 Å². The molecule has 1 fully saturated rings. The summed E-state index contributed by atoms with van der Waals surface area (Å²) in [5.74, 6) is 0.302. The molecule has 1 N–H and O–H groups in total. The number of nitrogens with one attached hydrogen (secondary N) is 1. The molecule has 0 aromatic carbocycles. The van der Waals surface area contributed by atoms with Gasteiger partial charge in [0.1, 0.15) is 5.52 Å². The second kappa shape index (κ2) is 7.07. The smallest absolute Gasteiger partial charge is 0.255 e. The molecular weight excluding hydrogens is 344 g/mol. The molecule has 0 aliphatic carbocycles. The maximum Gasteiger partial charge on any atom is 0.255 e. The number of likely N-dealkylation sites (tertiary alicyclic amines) is 1. The SMILES string of the molecule is CN(C[C@@H]1CCCN(C)[C@H]1c1cnn(C)c1)C(=O)c1cnc2n[nH]nc2c1. The van der Waals surface area contributed by atoms with Crippen LogP contribution in [0.25, 0.3) is 11.2 Å². The van der Waals surface area contributed by atoms with Gasteiger partial charge in [0.05, 0.1) is 11.8 Å². The first-order chi connectivity index (χ1) is 13.0. The van der Waals surface area contributed by atoms with E-state index in [4.69, 9.17) is 0 Å². The van der Waals surface area contributed by atoms with E-state index < -0.39 is 0 Å². The molecule has 4 heterocycles. The third-order valence-electron chi connectivity index (χ3n) is 5.35. The van der Waals surface area contributed by atoms with Crippen LogP contribution in [0.1, 0.15) is 34.8 Å². The number of hydrogen-bond acceptors (Lipinski definition) is 6. The zero-order valence-corrected chi connectivity index (χ0v) is 15.8. The van der Waals surface area contributed by atoms with Crippen molar-refractivity contribution in [3.63, 3.8) is 0 Å². The third-order valence-corrected chi connectivity index (χ3v) is 5.35. The maximum atomic E-state index is 12.9. The van der Waals surface area contributed by atoms with Crippen molar-refractivity contribution in [3.8, 4) is 0 Å². The van der Waals surface area contributed by atoms with Crippen LogP contribution in [0.2, 0.25) is 0 Å². The lowest BCUT2D eigenvalue weighted by Gasteiger charge is -2.40. The van der Waals surface area contributed by atoms with Crippen LogP contribution in [0.15, 0.2) is 24.7 Å². The van der Waals surface area contributed by atoms with E-state index >= 15 is 0 Å². The molecule has 0 spiro atoms. The fraction of sp³-hybridized carbons (Fsp3) is 0.500. The molecule has 0 radical (unpaired) electrons. The van der Waals surface area contributed by atoms with Crippen molar-refractivity contribution in [2.24, 2.45) is 13.0 Å². The minimum atomic E-state index is -0.0504. The van der Waals surface area contributed by atoms with Gasteiger partial charge in [0.15, 0.2) is 0 Å². The van der Waals surface area contributed by atoms with Crippen LogP contribution in [0, 0.1) is 5.92 Å². The molecule has 27 heavy (non-hydrogen) atoms. The van der Waals surface area contributed by atoms with E-state index in [-0.39, 0.29) is 11.9 Å². The summed E-state index contributed by atoms with van der Waals surface area (Å²) in [6, 6.07) is 2.00. The van der Waals surface area contributed by atoms with Crippen molar-refractivity contribution in [1.82, 2.24) is 40.0 Å². The maximum absolute atomic E-state index is 12.9. The van der Waals surface area contributed by atoms with Gasteiger partial charge in [-0.25, -0.2) is 4.98 Å². The molecule has 1 amide bonds. The average Bonchev–Trinajstić information content (AvgIpc) is 3.29. The summed E-state index contributed by atoms with van der Waals surface area (Å²) in [7, 11) is 5.93. The van der Waals surface area contributed by atoms with Gasteiger partial charge in [-0.2, -0.15) is 15.4 Å². The number of aromatic nitrogens is 6. The number of carbonyl (C=O) groups is 1. The van der Waals surface area contributed by atoms with Crippen LogP contribution >= 0.6 is 0 Å². The van der Waals surface area contributed by atoms with Crippen LogP contribution in [0.5, 0.6) is 0 Å². The molecule has 3 aromatic rings. The minimum Gasteiger partial charge on any atom is -0.341 e. The Bertz CT molecular complexity index is 948. The Hall–Kier alpha value is -2.81. The Morgan fingerprint density at radius 2 is 2.19 bits per heavy atom. The van der Waals surface area contributed by atoms with Crippen molar-refractivity contribution in [2.75, 3.05) is 27.2 Å². The highest BCUT2D eigenvalue weighted by Gasteiger charge is 2.33. The van der Waals surface area contributed by atoms with E-state index in [1.807, 2.05) is 25.0 Å². The van der Waals surface area contributed by atoms with Gasteiger partial charge in [0.25, 0.3) is 5.91 Å². The predicted octanol–water partition coefficient (Wildman–Crippen LogP) is 1.24.